The van der Waals surface area contributed by atoms with Gasteiger partial charge in [0.1, 0.15) is 23.4 Å². The standard InChI is InChI=1S/C15H16FN3O2/c1-10-9-14(17-15(20)13-7-4-8-21-13)19(18-10)12-6-3-2-5-11(12)16/h2-3,5-6,9,13H,4,7-8H2,1H3,(H,17,20). The minimum Gasteiger partial charge on any atom is -0.368 e. The number of amides is 1. The van der Waals surface area contributed by atoms with Crippen molar-refractivity contribution in [1.29, 1.82) is 0 Å². The molecule has 2 aromatic rings. The van der Waals surface area contributed by atoms with E-state index in [0.29, 0.717) is 30.2 Å². The third kappa shape index (κ3) is 2.80. The first-order valence-corrected chi connectivity index (χ1v) is 6.89. The summed E-state index contributed by atoms with van der Waals surface area (Å²) in [7, 11) is 0. The number of hydrogen-bond donors (Lipinski definition) is 1. The molecule has 1 unspecified atom stereocenters. The third-order valence-corrected chi connectivity index (χ3v) is 3.39. The molecule has 1 fully saturated rings. The summed E-state index contributed by atoms with van der Waals surface area (Å²) in [4.78, 5) is 12.1. The van der Waals surface area contributed by atoms with Crippen LogP contribution in [0, 0.1) is 12.7 Å². The van der Waals surface area contributed by atoms with Crippen LogP contribution in [-0.4, -0.2) is 28.4 Å². The van der Waals surface area contributed by atoms with Crippen LogP contribution in [0.3, 0.4) is 0 Å². The van der Waals surface area contributed by atoms with Gasteiger partial charge in [0, 0.05) is 12.7 Å². The molecule has 1 aromatic carbocycles. The molecule has 1 aliphatic rings. The van der Waals surface area contributed by atoms with Crippen molar-refractivity contribution in [3.63, 3.8) is 0 Å². The van der Waals surface area contributed by atoms with Crippen LogP contribution in [0.25, 0.3) is 5.69 Å². The van der Waals surface area contributed by atoms with Crippen molar-refractivity contribution in [2.24, 2.45) is 0 Å². The number of nitrogens with one attached hydrogen (secondary N) is 1. The predicted octanol–water partition coefficient (Wildman–Crippen LogP) is 2.44. The third-order valence-electron chi connectivity index (χ3n) is 3.39. The average Bonchev–Trinajstić information content (AvgIpc) is 3.09. The summed E-state index contributed by atoms with van der Waals surface area (Å²) < 4.78 is 20.7. The molecule has 1 saturated heterocycles. The number of benzene rings is 1. The van der Waals surface area contributed by atoms with Crippen molar-refractivity contribution in [2.45, 2.75) is 25.9 Å². The summed E-state index contributed by atoms with van der Waals surface area (Å²) in [5.74, 6) is -0.170. The molecular weight excluding hydrogens is 273 g/mol. The monoisotopic (exact) mass is 289 g/mol. The van der Waals surface area contributed by atoms with Gasteiger partial charge in [0.15, 0.2) is 0 Å². The van der Waals surface area contributed by atoms with Gasteiger partial charge in [-0.05, 0) is 31.9 Å². The predicted molar refractivity (Wildman–Crippen MR) is 75.9 cm³/mol. The molecule has 6 heteroatoms. The van der Waals surface area contributed by atoms with Gasteiger partial charge in [0.25, 0.3) is 5.91 Å². The van der Waals surface area contributed by atoms with E-state index in [1.54, 1.807) is 31.2 Å². The highest BCUT2D eigenvalue weighted by Crippen LogP contribution is 2.21. The largest absolute Gasteiger partial charge is 0.368 e. The molecule has 1 atom stereocenters. The van der Waals surface area contributed by atoms with Crippen LogP contribution in [0.1, 0.15) is 18.5 Å². The fourth-order valence-electron chi connectivity index (χ4n) is 2.39. The number of anilines is 1. The van der Waals surface area contributed by atoms with E-state index in [1.807, 2.05) is 0 Å². The van der Waals surface area contributed by atoms with Gasteiger partial charge in [-0.1, -0.05) is 12.1 Å². The molecule has 0 saturated carbocycles. The molecule has 3 rings (SSSR count). The van der Waals surface area contributed by atoms with Crippen LogP contribution in [-0.2, 0) is 9.53 Å². The molecule has 21 heavy (non-hydrogen) atoms. The molecule has 2 heterocycles. The Kier molecular flexibility index (Phi) is 3.70. The lowest BCUT2D eigenvalue weighted by Gasteiger charge is -2.12. The van der Waals surface area contributed by atoms with E-state index in [2.05, 4.69) is 10.4 Å². The van der Waals surface area contributed by atoms with Gasteiger partial charge in [-0.15, -0.1) is 0 Å². The number of halogens is 1. The molecule has 1 aliphatic heterocycles. The number of hydrogen-bond acceptors (Lipinski definition) is 3. The van der Waals surface area contributed by atoms with Crippen molar-refractivity contribution in [1.82, 2.24) is 9.78 Å². The molecule has 5 nitrogen and oxygen atoms in total. The Morgan fingerprint density at radius 1 is 1.48 bits per heavy atom. The topological polar surface area (TPSA) is 56.1 Å². The first-order valence-electron chi connectivity index (χ1n) is 6.89. The van der Waals surface area contributed by atoms with Crippen LogP contribution in [0.5, 0.6) is 0 Å². The molecule has 1 amide bonds. The number of nitrogens with zero attached hydrogens (tertiary/aromatic N) is 2. The molecule has 0 bridgehead atoms. The summed E-state index contributed by atoms with van der Waals surface area (Å²) in [6, 6.07) is 8.02. The molecular formula is C15H16FN3O2. The van der Waals surface area contributed by atoms with Crippen LogP contribution < -0.4 is 5.32 Å². The van der Waals surface area contributed by atoms with Crippen molar-refractivity contribution < 1.29 is 13.9 Å². The zero-order valence-corrected chi connectivity index (χ0v) is 11.7. The maximum absolute atomic E-state index is 13.9. The smallest absolute Gasteiger partial charge is 0.254 e. The normalized spacial score (nSPS) is 17.9. The first-order chi connectivity index (χ1) is 10.1. The first kappa shape index (κ1) is 13.8. The second-order valence-electron chi connectivity index (χ2n) is 5.03. The zero-order chi connectivity index (χ0) is 14.8. The van der Waals surface area contributed by atoms with E-state index >= 15 is 0 Å². The van der Waals surface area contributed by atoms with Crippen molar-refractivity contribution >= 4 is 11.7 Å². The molecule has 1 N–H and O–H groups in total. The molecule has 0 spiro atoms. The molecule has 1 aromatic heterocycles. The minimum atomic E-state index is -0.436. The Bertz CT molecular complexity index is 663. The van der Waals surface area contributed by atoms with Crippen LogP contribution in [0.15, 0.2) is 30.3 Å². The highest BCUT2D eigenvalue weighted by molar-refractivity contribution is 5.93. The van der Waals surface area contributed by atoms with E-state index in [1.165, 1.54) is 10.7 Å². The summed E-state index contributed by atoms with van der Waals surface area (Å²) in [6.45, 7) is 2.39. The van der Waals surface area contributed by atoms with Gasteiger partial charge < -0.3 is 10.1 Å². The number of aromatic nitrogens is 2. The maximum atomic E-state index is 13.9. The number of rotatable bonds is 3. The van der Waals surface area contributed by atoms with Gasteiger partial charge in [-0.2, -0.15) is 5.10 Å². The van der Waals surface area contributed by atoms with E-state index in [0.717, 1.165) is 6.42 Å². The van der Waals surface area contributed by atoms with Crippen LogP contribution >= 0.6 is 0 Å². The second-order valence-corrected chi connectivity index (χ2v) is 5.03. The molecule has 0 aliphatic carbocycles. The fourth-order valence-corrected chi connectivity index (χ4v) is 2.39. The van der Waals surface area contributed by atoms with Crippen molar-refractivity contribution in [2.75, 3.05) is 11.9 Å². The summed E-state index contributed by atoms with van der Waals surface area (Å²) in [5, 5.41) is 7.01. The quantitative estimate of drug-likeness (QED) is 0.944. The Hall–Kier alpha value is -2.21. The molecule has 110 valence electrons. The lowest BCUT2D eigenvalue weighted by atomic mass is 10.2. The zero-order valence-electron chi connectivity index (χ0n) is 11.7. The number of aryl methyl sites for hydroxylation is 1. The Balaban J connectivity index is 1.89. The van der Waals surface area contributed by atoms with Gasteiger partial charge in [0.2, 0.25) is 0 Å². The average molecular weight is 289 g/mol. The van der Waals surface area contributed by atoms with Gasteiger partial charge in [-0.25, -0.2) is 9.07 Å². The SMILES string of the molecule is Cc1cc(NC(=O)C2CCCO2)n(-c2ccccc2F)n1. The molecule has 0 radical (unpaired) electrons. The van der Waals surface area contributed by atoms with Crippen LogP contribution in [0.2, 0.25) is 0 Å². The summed E-state index contributed by atoms with van der Waals surface area (Å²) in [5.41, 5.74) is 0.995. The van der Waals surface area contributed by atoms with Gasteiger partial charge in [-0.3, -0.25) is 4.79 Å². The second kappa shape index (κ2) is 5.65. The minimum absolute atomic E-state index is 0.218. The van der Waals surface area contributed by atoms with E-state index in [4.69, 9.17) is 4.74 Å². The van der Waals surface area contributed by atoms with Gasteiger partial charge in [0.05, 0.1) is 5.69 Å². The highest BCUT2D eigenvalue weighted by Gasteiger charge is 2.25. The summed E-state index contributed by atoms with van der Waals surface area (Å²) in [6.07, 6.45) is 1.15. The fraction of sp³-hybridized carbons (Fsp3) is 0.333. The number of ether oxygens (including phenoxy) is 1. The number of para-hydroxylation sites is 1. The Labute approximate surface area is 121 Å². The Morgan fingerprint density at radius 3 is 3.00 bits per heavy atom. The van der Waals surface area contributed by atoms with E-state index in [9.17, 15) is 9.18 Å². The number of carbonyl (C=O) groups excluding carboxylic acids is 1. The van der Waals surface area contributed by atoms with Crippen molar-refractivity contribution in [3.05, 3.63) is 41.8 Å². The van der Waals surface area contributed by atoms with Crippen molar-refractivity contribution in [3.8, 4) is 5.69 Å². The number of carbonyl (C=O) groups is 1. The van der Waals surface area contributed by atoms with E-state index in [-0.39, 0.29) is 5.91 Å². The lowest BCUT2D eigenvalue weighted by molar-refractivity contribution is -0.124. The van der Waals surface area contributed by atoms with E-state index < -0.39 is 11.9 Å². The highest BCUT2D eigenvalue weighted by atomic mass is 19.1. The summed E-state index contributed by atoms with van der Waals surface area (Å²) >= 11 is 0. The maximum Gasteiger partial charge on any atom is 0.254 e. The van der Waals surface area contributed by atoms with Crippen LogP contribution in [0.4, 0.5) is 10.2 Å². The Morgan fingerprint density at radius 2 is 2.29 bits per heavy atom. The lowest BCUT2D eigenvalue weighted by Crippen LogP contribution is -2.28. The van der Waals surface area contributed by atoms with Gasteiger partial charge >= 0.3 is 0 Å².